The van der Waals surface area contributed by atoms with Crippen molar-refractivity contribution in [3.8, 4) is 0 Å². The van der Waals surface area contributed by atoms with Crippen molar-refractivity contribution in [1.29, 1.82) is 0 Å². The monoisotopic (exact) mass is 223 g/mol. The number of piperidine rings is 1. The summed E-state index contributed by atoms with van der Waals surface area (Å²) in [5.74, 6) is 0. The van der Waals surface area contributed by atoms with E-state index < -0.39 is 18.9 Å². The van der Waals surface area contributed by atoms with E-state index in [-0.39, 0.29) is 12.7 Å². The van der Waals surface area contributed by atoms with Crippen molar-refractivity contribution in [3.05, 3.63) is 0 Å². The van der Waals surface area contributed by atoms with Crippen LogP contribution in [0.3, 0.4) is 0 Å². The molecule has 0 spiro atoms. The molecular formula is C9H15F2NO3. The summed E-state index contributed by atoms with van der Waals surface area (Å²) in [5, 5.41) is 8.66. The van der Waals surface area contributed by atoms with E-state index in [9.17, 15) is 13.6 Å². The van der Waals surface area contributed by atoms with E-state index in [1.807, 2.05) is 0 Å². The van der Waals surface area contributed by atoms with Crippen LogP contribution in [0.2, 0.25) is 0 Å². The molecule has 0 aromatic rings. The Bertz CT molecular complexity index is 208. The summed E-state index contributed by atoms with van der Waals surface area (Å²) in [6.07, 6.45) is -1.56. The van der Waals surface area contributed by atoms with Gasteiger partial charge in [0, 0.05) is 13.1 Å². The predicted octanol–water partition coefficient (Wildman–Crippen LogP) is 1.45. The van der Waals surface area contributed by atoms with Crippen molar-refractivity contribution in [1.82, 2.24) is 4.90 Å². The van der Waals surface area contributed by atoms with Crippen LogP contribution in [-0.2, 0) is 4.74 Å². The lowest BCUT2D eigenvalue weighted by Crippen LogP contribution is -2.40. The Morgan fingerprint density at radius 1 is 1.53 bits per heavy atom. The van der Waals surface area contributed by atoms with Crippen molar-refractivity contribution in [2.24, 2.45) is 0 Å². The molecule has 0 radical (unpaired) electrons. The molecular weight excluding hydrogens is 208 g/mol. The van der Waals surface area contributed by atoms with Crippen LogP contribution < -0.4 is 0 Å². The van der Waals surface area contributed by atoms with E-state index in [1.165, 1.54) is 4.90 Å². The average Bonchev–Trinajstić information content (AvgIpc) is 2.26. The second-order valence-corrected chi connectivity index (χ2v) is 3.55. The van der Waals surface area contributed by atoms with E-state index in [1.54, 1.807) is 0 Å². The first kappa shape index (κ1) is 12.2. The van der Waals surface area contributed by atoms with Gasteiger partial charge in [-0.1, -0.05) is 0 Å². The zero-order valence-corrected chi connectivity index (χ0v) is 8.36. The molecule has 1 aliphatic heterocycles. The van der Waals surface area contributed by atoms with Gasteiger partial charge in [-0.3, -0.25) is 0 Å². The predicted molar refractivity (Wildman–Crippen MR) is 49.4 cm³/mol. The van der Waals surface area contributed by atoms with Gasteiger partial charge in [0.05, 0.1) is 12.7 Å². The van der Waals surface area contributed by atoms with E-state index in [0.717, 1.165) is 0 Å². The number of nitrogens with zero attached hydrogens (tertiary/aromatic N) is 1. The second kappa shape index (κ2) is 5.85. The number of carbonyl (C=O) groups is 1. The van der Waals surface area contributed by atoms with Crippen LogP contribution in [0.4, 0.5) is 13.6 Å². The molecule has 0 aromatic heterocycles. The molecule has 1 unspecified atom stereocenters. The van der Waals surface area contributed by atoms with Crippen LogP contribution in [0.15, 0.2) is 0 Å². The number of rotatable bonds is 4. The van der Waals surface area contributed by atoms with E-state index in [0.29, 0.717) is 25.9 Å². The molecule has 15 heavy (non-hydrogen) atoms. The van der Waals surface area contributed by atoms with Crippen LogP contribution in [0.5, 0.6) is 0 Å². The minimum absolute atomic E-state index is 0.148. The van der Waals surface area contributed by atoms with Crippen LogP contribution in [0.1, 0.15) is 12.8 Å². The molecule has 0 aromatic carbocycles. The molecule has 1 N–H and O–H groups in total. The second-order valence-electron chi connectivity index (χ2n) is 3.55. The summed E-state index contributed by atoms with van der Waals surface area (Å²) < 4.78 is 29.4. The lowest BCUT2D eigenvalue weighted by Gasteiger charge is -2.30. The molecule has 0 aliphatic carbocycles. The molecule has 6 heteroatoms. The van der Waals surface area contributed by atoms with Gasteiger partial charge in [0.25, 0.3) is 0 Å². The molecule has 1 rings (SSSR count). The van der Waals surface area contributed by atoms with Gasteiger partial charge in [-0.05, 0) is 12.8 Å². The van der Waals surface area contributed by atoms with Gasteiger partial charge < -0.3 is 14.7 Å². The van der Waals surface area contributed by atoms with Crippen LogP contribution in [0.25, 0.3) is 0 Å². The summed E-state index contributed by atoms with van der Waals surface area (Å²) in [4.78, 5) is 11.8. The maximum Gasteiger partial charge on any atom is 0.407 e. The van der Waals surface area contributed by atoms with Crippen molar-refractivity contribution in [2.75, 3.05) is 26.4 Å². The Balaban J connectivity index is 2.17. The third-order valence-electron chi connectivity index (χ3n) is 2.39. The van der Waals surface area contributed by atoms with Crippen molar-refractivity contribution in [2.45, 2.75) is 25.1 Å². The Kier molecular flexibility index (Phi) is 4.74. The number of ether oxygens (including phenoxy) is 1. The van der Waals surface area contributed by atoms with Gasteiger partial charge in [0.1, 0.15) is 6.67 Å². The summed E-state index contributed by atoms with van der Waals surface area (Å²) in [6, 6.07) is 0. The first-order valence-electron chi connectivity index (χ1n) is 4.93. The standard InChI is InChI=1S/C9H15F2NO3/c10-5-7(11)6-15-8-1-3-12(4-2-8)9(13)14/h7-8H,1-6H2,(H,13,14). The molecule has 1 aliphatic rings. The highest BCUT2D eigenvalue weighted by molar-refractivity contribution is 5.64. The maximum atomic E-state index is 12.5. The van der Waals surface area contributed by atoms with E-state index >= 15 is 0 Å². The number of likely N-dealkylation sites (tertiary alicyclic amines) is 1. The zero-order chi connectivity index (χ0) is 11.3. The van der Waals surface area contributed by atoms with Gasteiger partial charge in [0.2, 0.25) is 0 Å². The van der Waals surface area contributed by atoms with Crippen LogP contribution in [-0.4, -0.2) is 54.7 Å². The van der Waals surface area contributed by atoms with E-state index in [2.05, 4.69) is 0 Å². The van der Waals surface area contributed by atoms with Crippen molar-refractivity contribution in [3.63, 3.8) is 0 Å². The Morgan fingerprint density at radius 2 is 2.13 bits per heavy atom. The van der Waals surface area contributed by atoms with Crippen LogP contribution >= 0.6 is 0 Å². The largest absolute Gasteiger partial charge is 0.465 e. The molecule has 88 valence electrons. The van der Waals surface area contributed by atoms with Gasteiger partial charge in [-0.15, -0.1) is 0 Å². The molecule has 1 amide bonds. The number of carboxylic acid groups (broad SMARTS) is 1. The maximum absolute atomic E-state index is 12.5. The molecule has 1 saturated heterocycles. The quantitative estimate of drug-likeness (QED) is 0.784. The third-order valence-corrected chi connectivity index (χ3v) is 2.39. The van der Waals surface area contributed by atoms with Gasteiger partial charge >= 0.3 is 6.09 Å². The highest BCUT2D eigenvalue weighted by Gasteiger charge is 2.23. The van der Waals surface area contributed by atoms with Gasteiger partial charge in [-0.2, -0.15) is 0 Å². The van der Waals surface area contributed by atoms with Crippen molar-refractivity contribution < 1.29 is 23.4 Å². The lowest BCUT2D eigenvalue weighted by atomic mass is 10.1. The first-order valence-corrected chi connectivity index (χ1v) is 4.93. The topological polar surface area (TPSA) is 49.8 Å². The molecule has 4 nitrogen and oxygen atoms in total. The number of amides is 1. The van der Waals surface area contributed by atoms with Gasteiger partial charge in [0.15, 0.2) is 6.17 Å². The fourth-order valence-corrected chi connectivity index (χ4v) is 1.50. The normalized spacial score (nSPS) is 20.3. The Morgan fingerprint density at radius 3 is 2.60 bits per heavy atom. The average molecular weight is 223 g/mol. The highest BCUT2D eigenvalue weighted by atomic mass is 19.2. The van der Waals surface area contributed by atoms with Crippen molar-refractivity contribution >= 4 is 6.09 Å². The molecule has 1 atom stereocenters. The van der Waals surface area contributed by atoms with Gasteiger partial charge in [-0.25, -0.2) is 13.6 Å². The highest BCUT2D eigenvalue weighted by Crippen LogP contribution is 2.14. The molecule has 0 saturated carbocycles. The number of alkyl halides is 2. The van der Waals surface area contributed by atoms with Crippen LogP contribution in [0, 0.1) is 0 Å². The third kappa shape index (κ3) is 3.99. The van der Waals surface area contributed by atoms with E-state index in [4.69, 9.17) is 9.84 Å². The SMILES string of the molecule is O=C(O)N1CCC(OCC(F)CF)CC1. The number of halogens is 2. The summed E-state index contributed by atoms with van der Waals surface area (Å²) in [7, 11) is 0. The first-order chi connectivity index (χ1) is 7.13. The summed E-state index contributed by atoms with van der Waals surface area (Å²) in [5.41, 5.74) is 0. The number of hydrogen-bond donors (Lipinski definition) is 1. The molecule has 1 heterocycles. The minimum atomic E-state index is -1.57. The minimum Gasteiger partial charge on any atom is -0.465 e. The summed E-state index contributed by atoms with van der Waals surface area (Å²) in [6.45, 7) is -0.485. The fraction of sp³-hybridized carbons (Fsp3) is 0.889. The summed E-state index contributed by atoms with van der Waals surface area (Å²) >= 11 is 0. The Hall–Kier alpha value is -0.910. The fourth-order valence-electron chi connectivity index (χ4n) is 1.50. The molecule has 0 bridgehead atoms. The smallest absolute Gasteiger partial charge is 0.407 e. The molecule has 1 fully saturated rings. The lowest BCUT2D eigenvalue weighted by molar-refractivity contribution is -0.0168. The number of hydrogen-bond acceptors (Lipinski definition) is 2. The zero-order valence-electron chi connectivity index (χ0n) is 8.36. The Labute approximate surface area is 86.8 Å².